The molecule has 3 rings (SSSR count). The molecule has 2 nitrogen and oxygen atoms in total. The summed E-state index contributed by atoms with van der Waals surface area (Å²) in [5.41, 5.74) is 1.36. The third-order valence-corrected chi connectivity index (χ3v) is 3.81. The van der Waals surface area contributed by atoms with E-state index in [1.54, 1.807) is 7.11 Å². The molecule has 0 bridgehead atoms. The van der Waals surface area contributed by atoms with Gasteiger partial charge in [-0.2, -0.15) is 0 Å². The van der Waals surface area contributed by atoms with Gasteiger partial charge in [-0.25, -0.2) is 0 Å². The standard InChI is InChI=1S/C16H19NO/c1-18-16-8-7-13-9-12(5-6-14(13)10-16)11-17-15-3-2-4-15/h5-10,15,17H,2-4,11H2,1H3. The van der Waals surface area contributed by atoms with Crippen molar-refractivity contribution in [3.8, 4) is 5.75 Å². The van der Waals surface area contributed by atoms with E-state index in [9.17, 15) is 0 Å². The Morgan fingerprint density at radius 2 is 1.89 bits per heavy atom. The minimum atomic E-state index is 0.747. The number of benzene rings is 2. The minimum Gasteiger partial charge on any atom is -0.497 e. The van der Waals surface area contributed by atoms with E-state index in [0.717, 1.165) is 18.3 Å². The van der Waals surface area contributed by atoms with Crippen molar-refractivity contribution < 1.29 is 4.74 Å². The van der Waals surface area contributed by atoms with Crippen molar-refractivity contribution in [2.45, 2.75) is 31.8 Å². The molecule has 2 aromatic carbocycles. The van der Waals surface area contributed by atoms with Crippen LogP contribution in [-0.2, 0) is 6.54 Å². The Hall–Kier alpha value is -1.54. The second kappa shape index (κ2) is 4.99. The molecule has 0 saturated heterocycles. The molecular formula is C16H19NO. The molecule has 0 radical (unpaired) electrons. The molecule has 0 aromatic heterocycles. The predicted molar refractivity (Wildman–Crippen MR) is 75.0 cm³/mol. The largest absolute Gasteiger partial charge is 0.497 e. The molecule has 0 heterocycles. The third-order valence-electron chi connectivity index (χ3n) is 3.81. The van der Waals surface area contributed by atoms with Crippen molar-refractivity contribution >= 4 is 10.8 Å². The normalized spacial score (nSPS) is 15.6. The Kier molecular flexibility index (Phi) is 3.20. The summed E-state index contributed by atoms with van der Waals surface area (Å²) >= 11 is 0. The van der Waals surface area contributed by atoms with Crippen LogP contribution in [0.5, 0.6) is 5.75 Å². The van der Waals surface area contributed by atoms with E-state index in [1.807, 2.05) is 6.07 Å². The van der Waals surface area contributed by atoms with Gasteiger partial charge in [-0.1, -0.05) is 24.6 Å². The van der Waals surface area contributed by atoms with Crippen LogP contribution in [0.1, 0.15) is 24.8 Å². The molecule has 0 aliphatic heterocycles. The first kappa shape index (κ1) is 11.5. The Morgan fingerprint density at radius 3 is 2.61 bits per heavy atom. The number of rotatable bonds is 4. The van der Waals surface area contributed by atoms with Gasteiger partial charge >= 0.3 is 0 Å². The summed E-state index contributed by atoms with van der Waals surface area (Å²) in [7, 11) is 1.71. The molecule has 1 aliphatic rings. The van der Waals surface area contributed by atoms with E-state index in [-0.39, 0.29) is 0 Å². The summed E-state index contributed by atoms with van der Waals surface area (Å²) in [5, 5.41) is 6.12. The monoisotopic (exact) mass is 241 g/mol. The lowest BCUT2D eigenvalue weighted by Crippen LogP contribution is -2.34. The molecule has 1 N–H and O–H groups in total. The fraction of sp³-hybridized carbons (Fsp3) is 0.375. The molecule has 1 aliphatic carbocycles. The van der Waals surface area contributed by atoms with Crippen LogP contribution in [-0.4, -0.2) is 13.2 Å². The van der Waals surface area contributed by atoms with Crippen LogP contribution in [0, 0.1) is 0 Å². The van der Waals surface area contributed by atoms with Crippen molar-refractivity contribution in [3.63, 3.8) is 0 Å². The number of fused-ring (bicyclic) bond motifs is 1. The fourth-order valence-electron chi connectivity index (χ4n) is 2.38. The molecular weight excluding hydrogens is 222 g/mol. The first-order chi connectivity index (χ1) is 8.85. The summed E-state index contributed by atoms with van der Waals surface area (Å²) in [6.45, 7) is 0.979. The van der Waals surface area contributed by atoms with E-state index in [4.69, 9.17) is 4.74 Å². The maximum atomic E-state index is 5.24. The highest BCUT2D eigenvalue weighted by Crippen LogP contribution is 2.23. The van der Waals surface area contributed by atoms with Crippen molar-refractivity contribution in [1.29, 1.82) is 0 Å². The Balaban J connectivity index is 1.77. The fourth-order valence-corrected chi connectivity index (χ4v) is 2.38. The summed E-state index contributed by atoms with van der Waals surface area (Å²) in [6, 6.07) is 13.6. The van der Waals surface area contributed by atoms with Crippen LogP contribution in [0.3, 0.4) is 0 Å². The zero-order chi connectivity index (χ0) is 12.4. The van der Waals surface area contributed by atoms with E-state index in [2.05, 4.69) is 35.6 Å². The second-order valence-electron chi connectivity index (χ2n) is 5.06. The molecule has 0 unspecified atom stereocenters. The number of nitrogens with one attached hydrogen (secondary N) is 1. The number of hydrogen-bond donors (Lipinski definition) is 1. The highest BCUT2D eigenvalue weighted by atomic mass is 16.5. The Bertz CT molecular complexity index is 546. The van der Waals surface area contributed by atoms with Crippen LogP contribution in [0.4, 0.5) is 0 Å². The molecule has 1 fully saturated rings. The van der Waals surface area contributed by atoms with Gasteiger partial charge in [0.15, 0.2) is 0 Å². The quantitative estimate of drug-likeness (QED) is 0.884. The van der Waals surface area contributed by atoms with Gasteiger partial charge in [0, 0.05) is 12.6 Å². The van der Waals surface area contributed by atoms with Crippen molar-refractivity contribution in [1.82, 2.24) is 5.32 Å². The average Bonchev–Trinajstić information content (AvgIpc) is 2.36. The highest BCUT2D eigenvalue weighted by Gasteiger charge is 2.15. The van der Waals surface area contributed by atoms with Crippen LogP contribution in [0.25, 0.3) is 10.8 Å². The minimum absolute atomic E-state index is 0.747. The maximum Gasteiger partial charge on any atom is 0.119 e. The summed E-state index contributed by atoms with van der Waals surface area (Å²) < 4.78 is 5.24. The first-order valence-corrected chi connectivity index (χ1v) is 6.65. The third kappa shape index (κ3) is 2.34. The van der Waals surface area contributed by atoms with E-state index >= 15 is 0 Å². The molecule has 1 saturated carbocycles. The van der Waals surface area contributed by atoms with Gasteiger partial charge in [0.1, 0.15) is 5.75 Å². The van der Waals surface area contributed by atoms with Gasteiger partial charge in [0.05, 0.1) is 7.11 Å². The number of ether oxygens (including phenoxy) is 1. The highest BCUT2D eigenvalue weighted by molar-refractivity contribution is 5.84. The second-order valence-corrected chi connectivity index (χ2v) is 5.06. The predicted octanol–water partition coefficient (Wildman–Crippen LogP) is 3.49. The first-order valence-electron chi connectivity index (χ1n) is 6.65. The molecule has 0 atom stereocenters. The van der Waals surface area contributed by atoms with Gasteiger partial charge in [-0.3, -0.25) is 0 Å². The molecule has 18 heavy (non-hydrogen) atoms. The van der Waals surface area contributed by atoms with Gasteiger partial charge in [-0.15, -0.1) is 0 Å². The van der Waals surface area contributed by atoms with Crippen LogP contribution in [0.15, 0.2) is 36.4 Å². The van der Waals surface area contributed by atoms with E-state index < -0.39 is 0 Å². The summed E-state index contributed by atoms with van der Waals surface area (Å²) in [6.07, 6.45) is 4.06. The van der Waals surface area contributed by atoms with Gasteiger partial charge < -0.3 is 10.1 Å². The van der Waals surface area contributed by atoms with E-state index in [0.29, 0.717) is 0 Å². The molecule has 0 amide bonds. The SMILES string of the molecule is COc1ccc2cc(CNC3CCC3)ccc2c1. The van der Waals surface area contributed by atoms with Crippen LogP contribution >= 0.6 is 0 Å². The average molecular weight is 241 g/mol. The Labute approximate surface area is 108 Å². The lowest BCUT2D eigenvalue weighted by Gasteiger charge is -2.26. The van der Waals surface area contributed by atoms with Gasteiger partial charge in [0.25, 0.3) is 0 Å². The summed E-state index contributed by atoms with van der Waals surface area (Å²) in [4.78, 5) is 0. The van der Waals surface area contributed by atoms with Gasteiger partial charge in [0.2, 0.25) is 0 Å². The van der Waals surface area contributed by atoms with Crippen molar-refractivity contribution in [2.24, 2.45) is 0 Å². The van der Waals surface area contributed by atoms with Crippen molar-refractivity contribution in [3.05, 3.63) is 42.0 Å². The summed E-state index contributed by atoms with van der Waals surface area (Å²) in [5.74, 6) is 0.919. The lowest BCUT2D eigenvalue weighted by atomic mass is 9.93. The van der Waals surface area contributed by atoms with Crippen molar-refractivity contribution in [2.75, 3.05) is 7.11 Å². The molecule has 2 heteroatoms. The zero-order valence-corrected chi connectivity index (χ0v) is 10.8. The van der Waals surface area contributed by atoms with Crippen LogP contribution in [0.2, 0.25) is 0 Å². The number of methoxy groups -OCH3 is 1. The smallest absolute Gasteiger partial charge is 0.119 e. The van der Waals surface area contributed by atoms with Crippen LogP contribution < -0.4 is 10.1 Å². The Morgan fingerprint density at radius 1 is 1.11 bits per heavy atom. The topological polar surface area (TPSA) is 21.3 Å². The molecule has 0 spiro atoms. The number of hydrogen-bond acceptors (Lipinski definition) is 2. The van der Waals surface area contributed by atoms with Gasteiger partial charge in [-0.05, 0) is 47.4 Å². The molecule has 2 aromatic rings. The zero-order valence-electron chi connectivity index (χ0n) is 10.8. The lowest BCUT2D eigenvalue weighted by molar-refractivity contribution is 0.338. The van der Waals surface area contributed by atoms with E-state index in [1.165, 1.54) is 35.6 Å². The maximum absolute atomic E-state index is 5.24. The molecule has 94 valence electrons.